The van der Waals surface area contributed by atoms with E-state index in [0.29, 0.717) is 18.4 Å². The number of nitrogens with zero attached hydrogens (tertiary/aromatic N) is 1. The first-order chi connectivity index (χ1) is 8.00. The molecule has 0 bridgehead atoms. The van der Waals surface area contributed by atoms with Gasteiger partial charge >= 0.3 is 6.18 Å². The van der Waals surface area contributed by atoms with Crippen molar-refractivity contribution < 1.29 is 13.2 Å². The second-order valence-electron chi connectivity index (χ2n) is 3.69. The SMILES string of the molecule is CCCN(CCBr)c1ccccc1C(F)(F)F. The van der Waals surface area contributed by atoms with E-state index in [-0.39, 0.29) is 5.69 Å². The minimum atomic E-state index is -4.30. The first kappa shape index (κ1) is 14.4. The molecule has 0 N–H and O–H groups in total. The van der Waals surface area contributed by atoms with Crippen LogP contribution in [-0.2, 0) is 6.18 Å². The third kappa shape index (κ3) is 3.91. The van der Waals surface area contributed by atoms with Gasteiger partial charge < -0.3 is 4.90 Å². The smallest absolute Gasteiger partial charge is 0.370 e. The van der Waals surface area contributed by atoms with E-state index in [9.17, 15) is 13.2 Å². The average molecular weight is 310 g/mol. The van der Waals surface area contributed by atoms with E-state index in [2.05, 4.69) is 15.9 Å². The lowest BCUT2D eigenvalue weighted by molar-refractivity contribution is -0.137. The van der Waals surface area contributed by atoms with Crippen LogP contribution in [0.25, 0.3) is 0 Å². The molecule has 1 nitrogen and oxygen atoms in total. The Morgan fingerprint density at radius 1 is 1.18 bits per heavy atom. The van der Waals surface area contributed by atoms with Crippen LogP contribution in [0.15, 0.2) is 24.3 Å². The van der Waals surface area contributed by atoms with E-state index < -0.39 is 11.7 Å². The van der Waals surface area contributed by atoms with Crippen LogP contribution in [0, 0.1) is 0 Å². The number of halogens is 4. The van der Waals surface area contributed by atoms with Gasteiger partial charge in [-0.2, -0.15) is 13.2 Å². The molecule has 1 aromatic rings. The molecule has 0 heterocycles. The number of alkyl halides is 4. The van der Waals surface area contributed by atoms with Gasteiger partial charge in [-0.25, -0.2) is 0 Å². The Hall–Kier alpha value is -0.710. The molecule has 0 aliphatic carbocycles. The third-order valence-electron chi connectivity index (χ3n) is 2.40. The largest absolute Gasteiger partial charge is 0.418 e. The first-order valence-corrected chi connectivity index (χ1v) is 6.60. The maximum atomic E-state index is 12.9. The zero-order valence-electron chi connectivity index (χ0n) is 9.60. The lowest BCUT2D eigenvalue weighted by Crippen LogP contribution is -2.28. The Bertz CT molecular complexity index is 346. The lowest BCUT2D eigenvalue weighted by atomic mass is 10.1. The van der Waals surface area contributed by atoms with Crippen molar-refractivity contribution >= 4 is 21.6 Å². The van der Waals surface area contributed by atoms with Gasteiger partial charge in [0.25, 0.3) is 0 Å². The summed E-state index contributed by atoms with van der Waals surface area (Å²) in [5.74, 6) is 0. The van der Waals surface area contributed by atoms with Crippen molar-refractivity contribution in [3.63, 3.8) is 0 Å². The summed E-state index contributed by atoms with van der Waals surface area (Å²) in [6, 6.07) is 5.72. The Balaban J connectivity index is 3.09. The summed E-state index contributed by atoms with van der Waals surface area (Å²) in [6.07, 6.45) is -3.48. The minimum absolute atomic E-state index is 0.265. The van der Waals surface area contributed by atoms with Crippen molar-refractivity contribution in [2.45, 2.75) is 19.5 Å². The van der Waals surface area contributed by atoms with E-state index in [0.717, 1.165) is 12.5 Å². The summed E-state index contributed by atoms with van der Waals surface area (Å²) in [5, 5.41) is 0.652. The lowest BCUT2D eigenvalue weighted by Gasteiger charge is -2.26. The number of benzene rings is 1. The van der Waals surface area contributed by atoms with Gasteiger partial charge in [-0.1, -0.05) is 35.0 Å². The number of hydrogen-bond acceptors (Lipinski definition) is 1. The van der Waals surface area contributed by atoms with Crippen LogP contribution in [0.3, 0.4) is 0 Å². The van der Waals surface area contributed by atoms with Crippen molar-refractivity contribution in [1.82, 2.24) is 0 Å². The van der Waals surface area contributed by atoms with Crippen LogP contribution < -0.4 is 4.90 Å². The summed E-state index contributed by atoms with van der Waals surface area (Å²) in [7, 11) is 0. The number of hydrogen-bond donors (Lipinski definition) is 0. The van der Waals surface area contributed by atoms with Gasteiger partial charge in [0.2, 0.25) is 0 Å². The molecule has 0 unspecified atom stereocenters. The number of anilines is 1. The Labute approximate surface area is 108 Å². The highest BCUT2D eigenvalue weighted by atomic mass is 79.9. The minimum Gasteiger partial charge on any atom is -0.370 e. The molecule has 0 fully saturated rings. The van der Waals surface area contributed by atoms with Crippen molar-refractivity contribution in [3.8, 4) is 0 Å². The fourth-order valence-corrected chi connectivity index (χ4v) is 2.14. The van der Waals surface area contributed by atoms with E-state index in [1.807, 2.05) is 6.92 Å². The topological polar surface area (TPSA) is 3.24 Å². The van der Waals surface area contributed by atoms with E-state index in [1.54, 1.807) is 11.0 Å². The van der Waals surface area contributed by atoms with Gasteiger partial charge in [0, 0.05) is 24.1 Å². The van der Waals surface area contributed by atoms with Gasteiger partial charge in [0.05, 0.1) is 5.56 Å². The third-order valence-corrected chi connectivity index (χ3v) is 2.75. The molecule has 96 valence electrons. The maximum Gasteiger partial charge on any atom is 0.418 e. The summed E-state index contributed by atoms with van der Waals surface area (Å²) in [5.41, 5.74) is -0.296. The predicted octanol–water partition coefficient (Wildman–Crippen LogP) is 4.32. The molecule has 0 amide bonds. The van der Waals surface area contributed by atoms with Gasteiger partial charge in [-0.15, -0.1) is 0 Å². The molecule has 0 atom stereocenters. The van der Waals surface area contributed by atoms with Crippen molar-refractivity contribution in [2.75, 3.05) is 23.3 Å². The van der Waals surface area contributed by atoms with E-state index in [4.69, 9.17) is 0 Å². The molecular weight excluding hydrogens is 295 g/mol. The second-order valence-corrected chi connectivity index (χ2v) is 4.48. The van der Waals surface area contributed by atoms with Crippen LogP contribution in [0.2, 0.25) is 0 Å². The van der Waals surface area contributed by atoms with Gasteiger partial charge in [-0.05, 0) is 18.6 Å². The summed E-state index contributed by atoms with van der Waals surface area (Å²) >= 11 is 3.27. The number of rotatable bonds is 5. The molecule has 0 aromatic heterocycles. The Kier molecular flexibility index (Phi) is 5.31. The highest BCUT2D eigenvalue weighted by molar-refractivity contribution is 9.09. The summed E-state index contributed by atoms with van der Waals surface area (Å²) in [4.78, 5) is 1.76. The average Bonchev–Trinajstić information content (AvgIpc) is 2.28. The van der Waals surface area contributed by atoms with Crippen LogP contribution in [0.4, 0.5) is 18.9 Å². The van der Waals surface area contributed by atoms with Gasteiger partial charge in [0.15, 0.2) is 0 Å². The molecule has 5 heteroatoms. The van der Waals surface area contributed by atoms with Crippen molar-refractivity contribution in [2.24, 2.45) is 0 Å². The monoisotopic (exact) mass is 309 g/mol. The molecule has 0 saturated carbocycles. The molecular formula is C12H15BrF3N. The zero-order chi connectivity index (χ0) is 12.9. The quantitative estimate of drug-likeness (QED) is 0.732. The zero-order valence-corrected chi connectivity index (χ0v) is 11.2. The van der Waals surface area contributed by atoms with Crippen LogP contribution >= 0.6 is 15.9 Å². The Morgan fingerprint density at radius 3 is 2.35 bits per heavy atom. The highest BCUT2D eigenvalue weighted by Crippen LogP contribution is 2.36. The normalized spacial score (nSPS) is 11.6. The van der Waals surface area contributed by atoms with Crippen molar-refractivity contribution in [1.29, 1.82) is 0 Å². The van der Waals surface area contributed by atoms with E-state index in [1.165, 1.54) is 12.1 Å². The molecule has 1 aromatic carbocycles. The van der Waals surface area contributed by atoms with Gasteiger partial charge in [0.1, 0.15) is 0 Å². The first-order valence-electron chi connectivity index (χ1n) is 5.47. The molecule has 1 rings (SSSR count). The molecule has 0 aliphatic rings. The molecule has 0 aliphatic heterocycles. The predicted molar refractivity (Wildman–Crippen MR) is 67.7 cm³/mol. The highest BCUT2D eigenvalue weighted by Gasteiger charge is 2.34. The molecule has 0 saturated heterocycles. The molecule has 17 heavy (non-hydrogen) atoms. The summed E-state index contributed by atoms with van der Waals surface area (Å²) in [6.45, 7) is 3.15. The number of para-hydroxylation sites is 1. The second kappa shape index (κ2) is 6.28. The van der Waals surface area contributed by atoms with Crippen LogP contribution in [-0.4, -0.2) is 18.4 Å². The fraction of sp³-hybridized carbons (Fsp3) is 0.500. The van der Waals surface area contributed by atoms with Gasteiger partial charge in [-0.3, -0.25) is 0 Å². The van der Waals surface area contributed by atoms with E-state index >= 15 is 0 Å². The molecule has 0 spiro atoms. The fourth-order valence-electron chi connectivity index (χ4n) is 1.71. The van der Waals surface area contributed by atoms with Crippen LogP contribution in [0.1, 0.15) is 18.9 Å². The van der Waals surface area contributed by atoms with Crippen molar-refractivity contribution in [3.05, 3.63) is 29.8 Å². The standard InChI is InChI=1S/C12H15BrF3N/c1-2-8-17(9-7-13)11-6-4-3-5-10(11)12(14,15)16/h3-6H,2,7-9H2,1H3. The molecule has 0 radical (unpaired) electrons. The Morgan fingerprint density at radius 2 is 1.82 bits per heavy atom. The van der Waals surface area contributed by atoms with Crippen LogP contribution in [0.5, 0.6) is 0 Å². The summed E-state index contributed by atoms with van der Waals surface area (Å²) < 4.78 is 38.6. The maximum absolute atomic E-state index is 12.9.